The molecule has 0 radical (unpaired) electrons. The zero-order valence-electron chi connectivity index (χ0n) is 2.99. The van der Waals surface area contributed by atoms with Crippen LogP contribution in [-0.4, -0.2) is 10.4 Å². The van der Waals surface area contributed by atoms with Crippen LogP contribution in [0.5, 0.6) is 0 Å². The molecular weight excluding hydrogens is 151 g/mol. The van der Waals surface area contributed by atoms with Crippen molar-refractivity contribution < 1.29 is 9.50 Å². The van der Waals surface area contributed by atoms with Crippen molar-refractivity contribution in [1.29, 1.82) is 0 Å². The van der Waals surface area contributed by atoms with Gasteiger partial charge in [0, 0.05) is 0 Å². The van der Waals surface area contributed by atoms with Crippen molar-refractivity contribution in [3.63, 3.8) is 0 Å². The third kappa shape index (κ3) is 2.20. The summed E-state index contributed by atoms with van der Waals surface area (Å²) in [6, 6.07) is 0. The van der Waals surface area contributed by atoms with E-state index in [0.29, 0.717) is 6.26 Å². The van der Waals surface area contributed by atoms with Gasteiger partial charge in [-0.1, -0.05) is 15.9 Å². The molecule has 3 heteroatoms. The Bertz CT molecular complexity index is 61.8. The standard InChI is InChI=1S/C3H4BrFO/c4-1-3(5)2-6/h2,6H,1H2. The molecule has 0 bridgehead atoms. The number of aliphatic hydroxyl groups is 1. The average molecular weight is 155 g/mol. The molecule has 0 aromatic carbocycles. The molecule has 1 N–H and O–H groups in total. The van der Waals surface area contributed by atoms with Gasteiger partial charge in [-0.3, -0.25) is 0 Å². The van der Waals surface area contributed by atoms with Gasteiger partial charge in [-0.15, -0.1) is 0 Å². The maximum absolute atomic E-state index is 11.4. The van der Waals surface area contributed by atoms with Crippen molar-refractivity contribution in [3.8, 4) is 0 Å². The van der Waals surface area contributed by atoms with Gasteiger partial charge in [0.1, 0.15) is 12.1 Å². The van der Waals surface area contributed by atoms with Crippen molar-refractivity contribution in [3.05, 3.63) is 12.1 Å². The fraction of sp³-hybridized carbons (Fsp3) is 0.333. The number of alkyl halides is 1. The fourth-order valence-corrected chi connectivity index (χ4v) is 0.179. The van der Waals surface area contributed by atoms with Crippen LogP contribution in [0, 0.1) is 0 Å². The lowest BCUT2D eigenvalue weighted by Gasteiger charge is -1.77. The van der Waals surface area contributed by atoms with Crippen LogP contribution in [0.3, 0.4) is 0 Å². The van der Waals surface area contributed by atoms with E-state index in [1.165, 1.54) is 0 Å². The molecule has 0 amide bonds. The maximum Gasteiger partial charge on any atom is 0.144 e. The Labute approximate surface area is 43.6 Å². The van der Waals surface area contributed by atoms with Gasteiger partial charge in [-0.2, -0.15) is 0 Å². The van der Waals surface area contributed by atoms with E-state index in [9.17, 15) is 4.39 Å². The third-order valence-electron chi connectivity index (χ3n) is 0.268. The SMILES string of the molecule is OC=C(F)CBr. The predicted molar refractivity (Wildman–Crippen MR) is 25.6 cm³/mol. The summed E-state index contributed by atoms with van der Waals surface area (Å²) in [5, 5.41) is 7.85. The van der Waals surface area contributed by atoms with E-state index in [4.69, 9.17) is 5.11 Å². The lowest BCUT2D eigenvalue weighted by molar-refractivity contribution is 0.442. The Morgan fingerprint density at radius 3 is 2.50 bits per heavy atom. The smallest absolute Gasteiger partial charge is 0.144 e. The fourth-order valence-electron chi connectivity index (χ4n) is 0.0345. The molecule has 0 saturated heterocycles. The van der Waals surface area contributed by atoms with Crippen molar-refractivity contribution in [2.75, 3.05) is 5.33 Å². The molecule has 1 nitrogen and oxygen atoms in total. The summed E-state index contributed by atoms with van der Waals surface area (Å²) in [7, 11) is 0. The quantitative estimate of drug-likeness (QED) is 0.451. The first kappa shape index (κ1) is 5.95. The van der Waals surface area contributed by atoms with Gasteiger partial charge in [-0.25, -0.2) is 4.39 Å². The summed E-state index contributed by atoms with van der Waals surface area (Å²) in [5.41, 5.74) is 0. The monoisotopic (exact) mass is 154 g/mol. The van der Waals surface area contributed by atoms with Crippen LogP contribution in [0.4, 0.5) is 4.39 Å². The first-order chi connectivity index (χ1) is 2.81. The molecule has 0 spiro atoms. The lowest BCUT2D eigenvalue weighted by atomic mass is 10.7. The highest BCUT2D eigenvalue weighted by Gasteiger charge is 1.83. The van der Waals surface area contributed by atoms with E-state index in [2.05, 4.69) is 15.9 Å². The van der Waals surface area contributed by atoms with Gasteiger partial charge in [0.25, 0.3) is 0 Å². The second-order valence-corrected chi connectivity index (χ2v) is 1.27. The minimum atomic E-state index is -0.560. The highest BCUT2D eigenvalue weighted by Crippen LogP contribution is 1.96. The third-order valence-corrected chi connectivity index (χ3v) is 0.803. The summed E-state index contributed by atoms with van der Waals surface area (Å²) >= 11 is 2.77. The number of halogens is 2. The molecule has 6 heavy (non-hydrogen) atoms. The van der Waals surface area contributed by atoms with Crippen molar-refractivity contribution in [2.45, 2.75) is 0 Å². The predicted octanol–water partition coefficient (Wildman–Crippen LogP) is 1.75. The Hall–Kier alpha value is -0.0500. The molecule has 0 atom stereocenters. The van der Waals surface area contributed by atoms with Crippen LogP contribution < -0.4 is 0 Å². The van der Waals surface area contributed by atoms with E-state index < -0.39 is 5.83 Å². The normalized spacial score (nSPS) is 12.0. The molecule has 0 unspecified atom stereocenters. The molecule has 0 rings (SSSR count). The Kier molecular flexibility index (Phi) is 3.13. The minimum Gasteiger partial charge on any atom is -0.513 e. The summed E-state index contributed by atoms with van der Waals surface area (Å²) in [6.45, 7) is 0. The van der Waals surface area contributed by atoms with Crippen LogP contribution in [0.2, 0.25) is 0 Å². The number of hydrogen-bond donors (Lipinski definition) is 1. The van der Waals surface area contributed by atoms with Crippen LogP contribution in [0.15, 0.2) is 12.1 Å². The first-order valence-electron chi connectivity index (χ1n) is 1.36. The maximum atomic E-state index is 11.4. The summed E-state index contributed by atoms with van der Waals surface area (Å²) in [6.07, 6.45) is 0.425. The molecule has 0 aromatic heterocycles. The van der Waals surface area contributed by atoms with Crippen LogP contribution in [0.25, 0.3) is 0 Å². The molecule has 0 heterocycles. The van der Waals surface area contributed by atoms with Crippen LogP contribution >= 0.6 is 15.9 Å². The van der Waals surface area contributed by atoms with Crippen molar-refractivity contribution in [1.82, 2.24) is 0 Å². The van der Waals surface area contributed by atoms with Gasteiger partial charge >= 0.3 is 0 Å². The van der Waals surface area contributed by atoms with E-state index in [1.54, 1.807) is 0 Å². The van der Waals surface area contributed by atoms with E-state index >= 15 is 0 Å². The molecule has 0 aliphatic heterocycles. The molecular formula is C3H4BrFO. The number of allylic oxidation sites excluding steroid dienone is 1. The number of hydrogen-bond acceptors (Lipinski definition) is 1. The Morgan fingerprint density at radius 2 is 2.50 bits per heavy atom. The number of aliphatic hydroxyl groups excluding tert-OH is 1. The van der Waals surface area contributed by atoms with Gasteiger partial charge in [-0.05, 0) is 0 Å². The van der Waals surface area contributed by atoms with Crippen molar-refractivity contribution >= 4 is 15.9 Å². The van der Waals surface area contributed by atoms with Crippen LogP contribution in [-0.2, 0) is 0 Å². The summed E-state index contributed by atoms with van der Waals surface area (Å²) < 4.78 is 11.4. The van der Waals surface area contributed by atoms with E-state index in [1.807, 2.05) is 0 Å². The van der Waals surface area contributed by atoms with Gasteiger partial charge < -0.3 is 5.11 Å². The number of rotatable bonds is 1. The largest absolute Gasteiger partial charge is 0.513 e. The molecule has 0 saturated carbocycles. The second kappa shape index (κ2) is 3.15. The van der Waals surface area contributed by atoms with Gasteiger partial charge in [0.05, 0.1) is 5.33 Å². The topological polar surface area (TPSA) is 20.2 Å². The summed E-state index contributed by atoms with van der Waals surface area (Å²) in [4.78, 5) is 0. The molecule has 0 aromatic rings. The zero-order chi connectivity index (χ0) is 4.99. The van der Waals surface area contributed by atoms with Crippen molar-refractivity contribution in [2.24, 2.45) is 0 Å². The second-order valence-electron chi connectivity index (χ2n) is 0.710. The average Bonchev–Trinajstić information content (AvgIpc) is 1.65. The Balaban J connectivity index is 3.22. The van der Waals surface area contributed by atoms with Crippen LogP contribution in [0.1, 0.15) is 0 Å². The van der Waals surface area contributed by atoms with Gasteiger partial charge in [0.15, 0.2) is 0 Å². The summed E-state index contributed by atoms with van der Waals surface area (Å²) in [5.74, 6) is -0.560. The molecule has 0 fully saturated rings. The van der Waals surface area contributed by atoms with E-state index in [-0.39, 0.29) is 5.33 Å². The Morgan fingerprint density at radius 1 is 2.00 bits per heavy atom. The lowest BCUT2D eigenvalue weighted by Crippen LogP contribution is -1.68. The zero-order valence-corrected chi connectivity index (χ0v) is 4.57. The molecule has 0 aliphatic carbocycles. The molecule has 36 valence electrons. The highest BCUT2D eigenvalue weighted by molar-refractivity contribution is 9.09. The first-order valence-corrected chi connectivity index (χ1v) is 2.48. The van der Waals surface area contributed by atoms with E-state index in [0.717, 1.165) is 0 Å². The van der Waals surface area contributed by atoms with Gasteiger partial charge in [0.2, 0.25) is 0 Å². The molecule has 0 aliphatic rings. The highest BCUT2D eigenvalue weighted by atomic mass is 79.9. The minimum absolute atomic E-state index is 0.0868.